The van der Waals surface area contributed by atoms with Crippen molar-refractivity contribution in [3.05, 3.63) is 59.3 Å². The lowest BCUT2D eigenvalue weighted by Crippen LogP contribution is -2.06. The van der Waals surface area contributed by atoms with Crippen LogP contribution in [0.25, 0.3) is 6.08 Å². The second-order valence-corrected chi connectivity index (χ2v) is 5.54. The fraction of sp³-hybridized carbons (Fsp3) is 0.150. The van der Waals surface area contributed by atoms with Crippen LogP contribution in [0, 0.1) is 0 Å². The molecular weight excluding hydrogens is 350 g/mol. The standard InChI is InChI=1S/C20H17NO6/c1-12(22)26-18-11-13(8-9-17(18)25-3)10-15-20(23)27-19(21-15)14-6-4-5-7-16(14)24-2/h4-11H,1-3H3/b15-10-. The zero-order chi connectivity index (χ0) is 19.4. The van der Waals surface area contributed by atoms with Crippen LogP contribution in [-0.4, -0.2) is 32.1 Å². The average molecular weight is 367 g/mol. The summed E-state index contributed by atoms with van der Waals surface area (Å²) in [6, 6.07) is 12.0. The van der Waals surface area contributed by atoms with Gasteiger partial charge in [0.1, 0.15) is 5.75 Å². The summed E-state index contributed by atoms with van der Waals surface area (Å²) in [4.78, 5) is 27.7. The molecule has 0 unspecified atom stereocenters. The summed E-state index contributed by atoms with van der Waals surface area (Å²) in [5.74, 6) is 0.305. The normalized spacial score (nSPS) is 14.6. The summed E-state index contributed by atoms with van der Waals surface area (Å²) in [5.41, 5.74) is 1.30. The monoisotopic (exact) mass is 367 g/mol. The molecule has 2 aromatic rings. The van der Waals surface area contributed by atoms with E-state index in [2.05, 4.69) is 4.99 Å². The largest absolute Gasteiger partial charge is 0.496 e. The van der Waals surface area contributed by atoms with E-state index in [0.717, 1.165) is 0 Å². The van der Waals surface area contributed by atoms with Gasteiger partial charge in [0.25, 0.3) is 0 Å². The molecule has 1 aliphatic heterocycles. The smallest absolute Gasteiger partial charge is 0.363 e. The Bertz CT molecular complexity index is 961. The van der Waals surface area contributed by atoms with Gasteiger partial charge in [0.05, 0.1) is 19.8 Å². The molecule has 7 nitrogen and oxygen atoms in total. The summed E-state index contributed by atoms with van der Waals surface area (Å²) < 4.78 is 20.8. The van der Waals surface area contributed by atoms with Gasteiger partial charge in [-0.3, -0.25) is 4.79 Å². The number of nitrogens with zero attached hydrogens (tertiary/aromatic N) is 1. The van der Waals surface area contributed by atoms with E-state index >= 15 is 0 Å². The minimum Gasteiger partial charge on any atom is -0.496 e. The fourth-order valence-corrected chi connectivity index (χ4v) is 2.52. The van der Waals surface area contributed by atoms with Crippen LogP contribution in [0.4, 0.5) is 0 Å². The number of aliphatic imine (C=N–C) groups is 1. The van der Waals surface area contributed by atoms with Crippen LogP contribution in [0.3, 0.4) is 0 Å². The Kier molecular flexibility index (Phi) is 5.21. The SMILES string of the molecule is COc1ccc(/C=C2\N=C(c3ccccc3OC)OC2=O)cc1OC(C)=O. The third kappa shape index (κ3) is 3.98. The molecule has 0 fully saturated rings. The topological polar surface area (TPSA) is 83.4 Å². The number of ether oxygens (including phenoxy) is 4. The lowest BCUT2D eigenvalue weighted by Gasteiger charge is -2.08. The molecule has 0 atom stereocenters. The number of methoxy groups -OCH3 is 2. The molecule has 1 heterocycles. The molecule has 0 saturated carbocycles. The minimum atomic E-state index is -0.583. The number of para-hydroxylation sites is 1. The maximum Gasteiger partial charge on any atom is 0.363 e. The van der Waals surface area contributed by atoms with Crippen LogP contribution in [-0.2, 0) is 14.3 Å². The van der Waals surface area contributed by atoms with Crippen molar-refractivity contribution in [2.75, 3.05) is 14.2 Å². The second-order valence-electron chi connectivity index (χ2n) is 5.54. The number of hydrogen-bond donors (Lipinski definition) is 0. The van der Waals surface area contributed by atoms with Gasteiger partial charge in [-0.2, -0.15) is 0 Å². The van der Waals surface area contributed by atoms with Crippen LogP contribution in [0.5, 0.6) is 17.2 Å². The second kappa shape index (κ2) is 7.74. The number of carbonyl (C=O) groups is 2. The summed E-state index contributed by atoms with van der Waals surface area (Å²) in [5, 5.41) is 0. The van der Waals surface area contributed by atoms with Gasteiger partial charge in [-0.05, 0) is 35.9 Å². The molecule has 3 rings (SSSR count). The van der Waals surface area contributed by atoms with Crippen molar-refractivity contribution in [1.82, 2.24) is 0 Å². The number of rotatable bonds is 5. The number of hydrogen-bond acceptors (Lipinski definition) is 7. The molecule has 0 radical (unpaired) electrons. The molecule has 0 aromatic heterocycles. The number of esters is 2. The number of cyclic esters (lactones) is 1. The van der Waals surface area contributed by atoms with E-state index in [1.165, 1.54) is 27.2 Å². The maximum atomic E-state index is 12.2. The van der Waals surface area contributed by atoms with E-state index in [0.29, 0.717) is 22.6 Å². The van der Waals surface area contributed by atoms with Crippen molar-refractivity contribution in [2.45, 2.75) is 6.92 Å². The molecule has 0 aliphatic carbocycles. The molecule has 27 heavy (non-hydrogen) atoms. The first-order chi connectivity index (χ1) is 13.0. The van der Waals surface area contributed by atoms with Crippen LogP contribution >= 0.6 is 0 Å². The van der Waals surface area contributed by atoms with E-state index in [9.17, 15) is 9.59 Å². The van der Waals surface area contributed by atoms with Crippen molar-refractivity contribution in [3.8, 4) is 17.2 Å². The van der Waals surface area contributed by atoms with Gasteiger partial charge in [-0.25, -0.2) is 9.79 Å². The molecule has 7 heteroatoms. The summed E-state index contributed by atoms with van der Waals surface area (Å²) in [6.45, 7) is 1.29. The predicted octanol–water partition coefficient (Wildman–Crippen LogP) is 2.97. The van der Waals surface area contributed by atoms with Gasteiger partial charge in [-0.15, -0.1) is 0 Å². The van der Waals surface area contributed by atoms with Crippen molar-refractivity contribution in [3.63, 3.8) is 0 Å². The van der Waals surface area contributed by atoms with Crippen molar-refractivity contribution >= 4 is 23.9 Å². The zero-order valence-electron chi connectivity index (χ0n) is 15.0. The van der Waals surface area contributed by atoms with Gasteiger partial charge in [0, 0.05) is 6.92 Å². The predicted molar refractivity (Wildman–Crippen MR) is 97.9 cm³/mol. The Morgan fingerprint density at radius 3 is 2.48 bits per heavy atom. The molecule has 0 saturated heterocycles. The Morgan fingerprint density at radius 2 is 1.78 bits per heavy atom. The molecule has 0 spiro atoms. The molecule has 1 aliphatic rings. The third-order valence-corrected chi connectivity index (χ3v) is 3.70. The van der Waals surface area contributed by atoms with E-state index in [1.54, 1.807) is 36.4 Å². The molecule has 0 bridgehead atoms. The Balaban J connectivity index is 1.96. The average Bonchev–Trinajstić information content (AvgIpc) is 3.02. The Morgan fingerprint density at radius 1 is 1.04 bits per heavy atom. The summed E-state index contributed by atoms with van der Waals surface area (Å²) >= 11 is 0. The van der Waals surface area contributed by atoms with Crippen LogP contribution in [0.15, 0.2) is 53.2 Å². The van der Waals surface area contributed by atoms with Crippen molar-refractivity contribution in [1.29, 1.82) is 0 Å². The Labute approximate surface area is 155 Å². The fourth-order valence-electron chi connectivity index (χ4n) is 2.52. The first-order valence-corrected chi connectivity index (χ1v) is 8.04. The highest BCUT2D eigenvalue weighted by molar-refractivity contribution is 6.13. The van der Waals surface area contributed by atoms with Crippen LogP contribution in [0.2, 0.25) is 0 Å². The lowest BCUT2D eigenvalue weighted by molar-refractivity contribution is -0.132. The third-order valence-electron chi connectivity index (χ3n) is 3.70. The maximum absolute atomic E-state index is 12.2. The zero-order valence-corrected chi connectivity index (χ0v) is 15.0. The molecule has 0 amide bonds. The lowest BCUT2D eigenvalue weighted by atomic mass is 10.1. The van der Waals surface area contributed by atoms with E-state index in [4.69, 9.17) is 18.9 Å². The highest BCUT2D eigenvalue weighted by Gasteiger charge is 2.26. The van der Waals surface area contributed by atoms with E-state index in [-0.39, 0.29) is 17.3 Å². The minimum absolute atomic E-state index is 0.120. The van der Waals surface area contributed by atoms with Crippen LogP contribution < -0.4 is 14.2 Å². The van der Waals surface area contributed by atoms with Gasteiger partial charge < -0.3 is 18.9 Å². The highest BCUT2D eigenvalue weighted by Crippen LogP contribution is 2.30. The summed E-state index contributed by atoms with van der Waals surface area (Å²) in [6.07, 6.45) is 1.54. The van der Waals surface area contributed by atoms with Gasteiger partial charge >= 0.3 is 11.9 Å². The molecule has 2 aromatic carbocycles. The van der Waals surface area contributed by atoms with Gasteiger partial charge in [0.15, 0.2) is 17.2 Å². The van der Waals surface area contributed by atoms with Crippen molar-refractivity contribution < 1.29 is 28.5 Å². The van der Waals surface area contributed by atoms with Gasteiger partial charge in [-0.1, -0.05) is 18.2 Å². The van der Waals surface area contributed by atoms with Gasteiger partial charge in [0.2, 0.25) is 5.90 Å². The Hall–Kier alpha value is -3.61. The summed E-state index contributed by atoms with van der Waals surface area (Å²) in [7, 11) is 3.00. The van der Waals surface area contributed by atoms with E-state index in [1.807, 2.05) is 6.07 Å². The van der Waals surface area contributed by atoms with E-state index < -0.39 is 11.9 Å². The van der Waals surface area contributed by atoms with Crippen LogP contribution in [0.1, 0.15) is 18.1 Å². The number of carbonyl (C=O) groups excluding carboxylic acids is 2. The number of benzene rings is 2. The molecule has 0 N–H and O–H groups in total. The highest BCUT2D eigenvalue weighted by atomic mass is 16.6. The quantitative estimate of drug-likeness (QED) is 0.459. The molecular formula is C20H17NO6. The first-order valence-electron chi connectivity index (χ1n) is 8.04. The first kappa shape index (κ1) is 18.2. The van der Waals surface area contributed by atoms with Crippen molar-refractivity contribution in [2.24, 2.45) is 4.99 Å². The molecule has 138 valence electrons.